The van der Waals surface area contributed by atoms with Crippen molar-refractivity contribution in [1.29, 1.82) is 0 Å². The van der Waals surface area contributed by atoms with Gasteiger partial charge in [0.1, 0.15) is 5.69 Å². The maximum absolute atomic E-state index is 11.7. The Balaban J connectivity index is 1.90. The Hall–Kier alpha value is -3.13. The Morgan fingerprint density at radius 1 is 1.18 bits per heavy atom. The van der Waals surface area contributed by atoms with Crippen molar-refractivity contribution in [3.63, 3.8) is 0 Å². The molecule has 0 aliphatic rings. The molecule has 0 N–H and O–H groups in total. The van der Waals surface area contributed by atoms with E-state index in [4.69, 9.17) is 4.74 Å². The summed E-state index contributed by atoms with van der Waals surface area (Å²) in [5.74, 6) is 5.57. The Bertz CT molecular complexity index is 873. The van der Waals surface area contributed by atoms with E-state index in [1.165, 1.54) is 4.52 Å². The molecule has 2 heterocycles. The number of imidazole rings is 1. The lowest BCUT2D eigenvalue weighted by Crippen LogP contribution is -2.04. The second-order valence-corrected chi connectivity index (χ2v) is 4.48. The number of carbonyl (C=O) groups excluding carboxylic acids is 1. The van der Waals surface area contributed by atoms with E-state index in [2.05, 4.69) is 21.9 Å². The first-order chi connectivity index (χ1) is 10.8. The summed E-state index contributed by atoms with van der Waals surface area (Å²) in [6.07, 6.45) is 1.54. The van der Waals surface area contributed by atoms with Crippen molar-refractivity contribution in [1.82, 2.24) is 14.6 Å². The molecule has 5 heteroatoms. The van der Waals surface area contributed by atoms with Gasteiger partial charge in [0, 0.05) is 5.56 Å². The molecular weight excluding hydrogens is 278 g/mol. The maximum atomic E-state index is 11.7. The van der Waals surface area contributed by atoms with Crippen molar-refractivity contribution < 1.29 is 9.53 Å². The predicted molar refractivity (Wildman–Crippen MR) is 81.4 cm³/mol. The van der Waals surface area contributed by atoms with Gasteiger partial charge in [0.05, 0.1) is 12.8 Å². The van der Waals surface area contributed by atoms with Crippen molar-refractivity contribution in [2.24, 2.45) is 0 Å². The number of nitrogens with zero attached hydrogens (tertiary/aromatic N) is 3. The van der Waals surface area contributed by atoms with E-state index < -0.39 is 5.97 Å². The molecule has 0 saturated carbocycles. The van der Waals surface area contributed by atoms with Crippen LogP contribution in [0.3, 0.4) is 0 Å². The van der Waals surface area contributed by atoms with Gasteiger partial charge in [-0.15, -0.1) is 0 Å². The smallest absolute Gasteiger partial charge is 0.358 e. The second kappa shape index (κ2) is 6.10. The van der Waals surface area contributed by atoms with Crippen LogP contribution in [0.1, 0.15) is 28.7 Å². The molecule has 22 heavy (non-hydrogen) atoms. The van der Waals surface area contributed by atoms with E-state index in [0.717, 1.165) is 5.56 Å². The number of esters is 1. The number of benzene rings is 1. The minimum atomic E-state index is -0.454. The van der Waals surface area contributed by atoms with Crippen molar-refractivity contribution in [3.8, 4) is 11.8 Å². The largest absolute Gasteiger partial charge is 0.461 e. The number of hydrogen-bond acceptors (Lipinski definition) is 4. The molecule has 2 aromatic heterocycles. The topological polar surface area (TPSA) is 56.5 Å². The van der Waals surface area contributed by atoms with Gasteiger partial charge in [0.2, 0.25) is 0 Å². The summed E-state index contributed by atoms with van der Waals surface area (Å²) in [5.41, 5.74) is 2.34. The third-order valence-corrected chi connectivity index (χ3v) is 2.91. The predicted octanol–water partition coefficient (Wildman–Crippen LogP) is 2.31. The van der Waals surface area contributed by atoms with Gasteiger partial charge in [-0.1, -0.05) is 24.1 Å². The second-order valence-electron chi connectivity index (χ2n) is 4.48. The minimum Gasteiger partial charge on any atom is -0.461 e. The summed E-state index contributed by atoms with van der Waals surface area (Å²) in [5, 5.41) is 4.33. The zero-order chi connectivity index (χ0) is 15.4. The molecule has 0 unspecified atom stereocenters. The fraction of sp³-hybridized carbons (Fsp3) is 0.118. The first-order valence-corrected chi connectivity index (χ1v) is 6.87. The van der Waals surface area contributed by atoms with Crippen molar-refractivity contribution in [2.75, 3.05) is 6.61 Å². The highest BCUT2D eigenvalue weighted by Gasteiger charge is 2.11. The third kappa shape index (κ3) is 2.96. The molecule has 0 spiro atoms. The van der Waals surface area contributed by atoms with Crippen molar-refractivity contribution in [3.05, 3.63) is 65.6 Å². The van der Waals surface area contributed by atoms with Crippen LogP contribution in [0.2, 0.25) is 0 Å². The van der Waals surface area contributed by atoms with Gasteiger partial charge in [0.25, 0.3) is 0 Å². The maximum Gasteiger partial charge on any atom is 0.358 e. The van der Waals surface area contributed by atoms with E-state index in [-0.39, 0.29) is 5.69 Å². The quantitative estimate of drug-likeness (QED) is 0.537. The molecule has 0 radical (unpaired) electrons. The van der Waals surface area contributed by atoms with Crippen molar-refractivity contribution in [2.45, 2.75) is 6.92 Å². The number of rotatable bonds is 2. The number of hydrogen-bond donors (Lipinski definition) is 0. The van der Waals surface area contributed by atoms with Gasteiger partial charge in [-0.3, -0.25) is 0 Å². The van der Waals surface area contributed by atoms with Gasteiger partial charge >= 0.3 is 5.97 Å². The standard InChI is InChI=1S/C17H13N3O2/c1-2-22-17(21)15-12-20-16(18-15)11-10-14(19-20)9-8-13-6-4-3-5-7-13/h3-7,10-12H,2H2,1H3. The molecule has 0 bridgehead atoms. The van der Waals surface area contributed by atoms with Crippen LogP contribution in [-0.2, 0) is 4.74 Å². The summed E-state index contributed by atoms with van der Waals surface area (Å²) in [7, 11) is 0. The summed E-state index contributed by atoms with van der Waals surface area (Å²) in [4.78, 5) is 15.8. The minimum absolute atomic E-state index is 0.238. The van der Waals surface area contributed by atoms with Crippen LogP contribution in [0.15, 0.2) is 48.7 Å². The summed E-state index contributed by atoms with van der Waals surface area (Å²) in [6.45, 7) is 2.07. The number of aromatic nitrogens is 3. The van der Waals surface area contributed by atoms with E-state index in [0.29, 0.717) is 17.9 Å². The summed E-state index contributed by atoms with van der Waals surface area (Å²) < 4.78 is 6.45. The lowest BCUT2D eigenvalue weighted by molar-refractivity contribution is 0.0520. The van der Waals surface area contributed by atoms with Gasteiger partial charge < -0.3 is 4.74 Å². The number of carbonyl (C=O) groups is 1. The van der Waals surface area contributed by atoms with Gasteiger partial charge in [-0.25, -0.2) is 14.3 Å². The van der Waals surface area contributed by atoms with Crippen LogP contribution in [0.5, 0.6) is 0 Å². The highest BCUT2D eigenvalue weighted by atomic mass is 16.5. The van der Waals surface area contributed by atoms with E-state index >= 15 is 0 Å². The van der Waals surface area contributed by atoms with Crippen LogP contribution < -0.4 is 0 Å². The Kier molecular flexibility index (Phi) is 3.84. The molecule has 0 amide bonds. The highest BCUT2D eigenvalue weighted by molar-refractivity contribution is 5.87. The molecule has 0 aliphatic heterocycles. The van der Waals surface area contributed by atoms with Crippen molar-refractivity contribution >= 4 is 11.6 Å². The molecule has 3 aromatic rings. The first-order valence-electron chi connectivity index (χ1n) is 6.87. The zero-order valence-corrected chi connectivity index (χ0v) is 12.0. The van der Waals surface area contributed by atoms with Crippen LogP contribution in [0.4, 0.5) is 0 Å². The Morgan fingerprint density at radius 2 is 2.00 bits per heavy atom. The normalized spacial score (nSPS) is 10.0. The van der Waals surface area contributed by atoms with Crippen LogP contribution in [0, 0.1) is 11.8 Å². The highest BCUT2D eigenvalue weighted by Crippen LogP contribution is 2.06. The molecule has 0 aliphatic carbocycles. The molecule has 0 saturated heterocycles. The van der Waals surface area contributed by atoms with Crippen LogP contribution in [0.25, 0.3) is 5.65 Å². The third-order valence-electron chi connectivity index (χ3n) is 2.91. The van der Waals surface area contributed by atoms with E-state index in [1.807, 2.05) is 30.3 Å². The zero-order valence-electron chi connectivity index (χ0n) is 12.0. The fourth-order valence-electron chi connectivity index (χ4n) is 1.91. The molecule has 5 nitrogen and oxygen atoms in total. The molecular formula is C17H13N3O2. The monoisotopic (exact) mass is 291 g/mol. The summed E-state index contributed by atoms with van der Waals surface area (Å²) in [6, 6.07) is 13.2. The SMILES string of the molecule is CCOC(=O)c1cn2nc(C#Cc3ccccc3)ccc2n1. The van der Waals surface area contributed by atoms with E-state index in [9.17, 15) is 4.79 Å². The first kappa shape index (κ1) is 13.8. The molecule has 0 atom stereocenters. The Labute approximate surface area is 127 Å². The number of fused-ring (bicyclic) bond motifs is 1. The van der Waals surface area contributed by atoms with Crippen LogP contribution in [-0.4, -0.2) is 27.2 Å². The average molecular weight is 291 g/mol. The van der Waals surface area contributed by atoms with Gasteiger partial charge in [-0.2, -0.15) is 5.10 Å². The Morgan fingerprint density at radius 3 is 2.77 bits per heavy atom. The fourth-order valence-corrected chi connectivity index (χ4v) is 1.91. The average Bonchev–Trinajstić information content (AvgIpc) is 2.97. The molecule has 0 fully saturated rings. The van der Waals surface area contributed by atoms with Gasteiger partial charge in [0.15, 0.2) is 11.3 Å². The number of ether oxygens (including phenoxy) is 1. The molecule has 3 rings (SSSR count). The van der Waals surface area contributed by atoms with E-state index in [1.54, 1.807) is 25.3 Å². The van der Waals surface area contributed by atoms with Crippen LogP contribution >= 0.6 is 0 Å². The molecule has 1 aromatic carbocycles. The lowest BCUT2D eigenvalue weighted by Gasteiger charge is -1.94. The van der Waals surface area contributed by atoms with Gasteiger partial charge in [-0.05, 0) is 37.1 Å². The lowest BCUT2D eigenvalue weighted by atomic mass is 10.2. The molecule has 108 valence electrons. The summed E-state index contributed by atoms with van der Waals surface area (Å²) >= 11 is 0.